The summed E-state index contributed by atoms with van der Waals surface area (Å²) in [6, 6.07) is 7.44. The number of benzene rings is 2. The lowest BCUT2D eigenvalue weighted by Crippen LogP contribution is -2.30. The Morgan fingerprint density at radius 3 is 2.53 bits per heavy atom. The maximum atomic E-state index is 13.5. The van der Waals surface area contributed by atoms with Gasteiger partial charge in [-0.3, -0.25) is 0 Å². The Balaban J connectivity index is 2.30. The summed E-state index contributed by atoms with van der Waals surface area (Å²) in [4.78, 5) is 22.5. The van der Waals surface area contributed by atoms with E-state index in [1.807, 2.05) is 0 Å². The molecule has 10 heteroatoms. The van der Waals surface area contributed by atoms with Crippen molar-refractivity contribution in [1.29, 1.82) is 0 Å². The lowest BCUT2D eigenvalue weighted by Gasteiger charge is -2.19. The Kier molecular flexibility index (Phi) is 8.73. The van der Waals surface area contributed by atoms with Crippen LogP contribution in [0.1, 0.15) is 40.8 Å². The number of hydroxylamine groups is 1. The molecule has 0 aliphatic carbocycles. The molecule has 0 amide bonds. The highest BCUT2D eigenvalue weighted by Crippen LogP contribution is 2.26. The second-order valence-corrected chi connectivity index (χ2v) is 6.96. The molecule has 0 bridgehead atoms. The summed E-state index contributed by atoms with van der Waals surface area (Å²) < 4.78 is 56.9. The third-order valence-electron chi connectivity index (χ3n) is 4.69. The van der Waals surface area contributed by atoms with Gasteiger partial charge in [-0.2, -0.15) is 18.7 Å². The first-order chi connectivity index (χ1) is 15.1. The fourth-order valence-corrected chi connectivity index (χ4v) is 3.19. The van der Waals surface area contributed by atoms with Crippen LogP contribution < -0.4 is 5.48 Å². The Morgan fingerprint density at radius 2 is 1.91 bits per heavy atom. The SMILES string of the molecule is CONC(C(=O)OC)c1cccc(C)c1CO/N=C(\C)c1ccc(F)cc1CC(F)(F)F. The first-order valence-electron chi connectivity index (χ1n) is 9.54. The normalized spacial score (nSPS) is 13.1. The van der Waals surface area contributed by atoms with Crippen LogP contribution in [0, 0.1) is 12.7 Å². The van der Waals surface area contributed by atoms with Gasteiger partial charge in [-0.25, -0.2) is 9.18 Å². The van der Waals surface area contributed by atoms with E-state index in [2.05, 4.69) is 10.6 Å². The van der Waals surface area contributed by atoms with Crippen molar-refractivity contribution in [3.8, 4) is 0 Å². The van der Waals surface area contributed by atoms with Gasteiger partial charge in [0, 0.05) is 11.1 Å². The third kappa shape index (κ3) is 6.76. The zero-order valence-corrected chi connectivity index (χ0v) is 18.0. The maximum Gasteiger partial charge on any atom is 0.393 e. The van der Waals surface area contributed by atoms with Crippen LogP contribution in [-0.2, 0) is 32.2 Å². The number of methoxy groups -OCH3 is 1. The fraction of sp³-hybridized carbons (Fsp3) is 0.364. The minimum absolute atomic E-state index is 0.0754. The number of carbonyl (C=O) groups is 1. The predicted octanol–water partition coefficient (Wildman–Crippen LogP) is 4.54. The summed E-state index contributed by atoms with van der Waals surface area (Å²) in [7, 11) is 2.60. The Morgan fingerprint density at radius 1 is 1.19 bits per heavy atom. The van der Waals surface area contributed by atoms with Crippen LogP contribution in [0.2, 0.25) is 0 Å². The molecule has 0 saturated heterocycles. The highest BCUT2D eigenvalue weighted by molar-refractivity contribution is 5.99. The van der Waals surface area contributed by atoms with Gasteiger partial charge >= 0.3 is 12.1 Å². The second kappa shape index (κ2) is 11.1. The number of hydrogen-bond donors (Lipinski definition) is 1. The first kappa shape index (κ1) is 25.3. The van der Waals surface area contributed by atoms with Crippen molar-refractivity contribution < 1.29 is 36.8 Å². The molecule has 2 aromatic carbocycles. The van der Waals surface area contributed by atoms with E-state index in [0.717, 1.165) is 17.7 Å². The topological polar surface area (TPSA) is 69.2 Å². The van der Waals surface area contributed by atoms with Gasteiger partial charge in [0.2, 0.25) is 0 Å². The zero-order chi connectivity index (χ0) is 23.9. The van der Waals surface area contributed by atoms with Crippen molar-refractivity contribution >= 4 is 11.7 Å². The Labute approximate surface area is 183 Å². The van der Waals surface area contributed by atoms with Crippen LogP contribution in [0.3, 0.4) is 0 Å². The van der Waals surface area contributed by atoms with Crippen molar-refractivity contribution in [2.24, 2.45) is 5.16 Å². The largest absolute Gasteiger partial charge is 0.468 e. The van der Waals surface area contributed by atoms with Gasteiger partial charge < -0.3 is 14.4 Å². The number of nitrogens with one attached hydrogen (secondary N) is 1. The van der Waals surface area contributed by atoms with Gasteiger partial charge in [0.25, 0.3) is 0 Å². The standard InChI is InChI=1S/C22H24F4N2O4/c1-13-6-5-7-18(20(28-31-4)21(29)30-3)19(13)12-32-27-14(2)17-9-8-16(23)10-15(17)11-22(24,25)26/h5-10,20,28H,11-12H2,1-4H3/b27-14+. The molecular formula is C22H24F4N2O4. The molecule has 0 fully saturated rings. The highest BCUT2D eigenvalue weighted by Gasteiger charge is 2.29. The van der Waals surface area contributed by atoms with Gasteiger partial charge in [0.05, 0.1) is 26.4 Å². The van der Waals surface area contributed by atoms with Crippen molar-refractivity contribution in [2.75, 3.05) is 14.2 Å². The molecule has 2 rings (SSSR count). The number of rotatable bonds is 9. The third-order valence-corrected chi connectivity index (χ3v) is 4.69. The molecule has 2 aromatic rings. The van der Waals surface area contributed by atoms with Gasteiger partial charge in [-0.05, 0) is 48.7 Å². The van der Waals surface area contributed by atoms with Crippen LogP contribution >= 0.6 is 0 Å². The molecule has 0 spiro atoms. The van der Waals surface area contributed by atoms with Gasteiger partial charge in [0.1, 0.15) is 12.4 Å². The molecule has 0 radical (unpaired) electrons. The molecule has 0 heterocycles. The first-order valence-corrected chi connectivity index (χ1v) is 9.54. The van der Waals surface area contributed by atoms with E-state index in [9.17, 15) is 22.4 Å². The molecule has 0 saturated carbocycles. The van der Waals surface area contributed by atoms with Crippen molar-refractivity contribution in [1.82, 2.24) is 5.48 Å². The number of aryl methyl sites for hydroxylation is 1. The predicted molar refractivity (Wildman–Crippen MR) is 109 cm³/mol. The van der Waals surface area contributed by atoms with E-state index >= 15 is 0 Å². The van der Waals surface area contributed by atoms with Crippen LogP contribution in [-0.4, -0.2) is 32.1 Å². The molecule has 32 heavy (non-hydrogen) atoms. The van der Waals surface area contributed by atoms with Crippen LogP contribution in [0.5, 0.6) is 0 Å². The molecule has 1 atom stereocenters. The molecule has 6 nitrogen and oxygen atoms in total. The van der Waals surface area contributed by atoms with Gasteiger partial charge in [0.15, 0.2) is 6.04 Å². The molecule has 1 unspecified atom stereocenters. The number of nitrogens with zero attached hydrogens (tertiary/aromatic N) is 1. The van der Waals surface area contributed by atoms with Crippen molar-refractivity contribution in [3.05, 3.63) is 70.0 Å². The quantitative estimate of drug-likeness (QED) is 0.260. The average Bonchev–Trinajstić information content (AvgIpc) is 2.71. The lowest BCUT2D eigenvalue weighted by molar-refractivity contribution is -0.147. The highest BCUT2D eigenvalue weighted by atomic mass is 19.4. The van der Waals surface area contributed by atoms with Crippen LogP contribution in [0.25, 0.3) is 0 Å². The molecule has 174 valence electrons. The summed E-state index contributed by atoms with van der Waals surface area (Å²) >= 11 is 0. The Hall–Kier alpha value is -2.98. The molecule has 0 aromatic heterocycles. The summed E-state index contributed by atoms with van der Waals surface area (Å²) in [5.41, 5.74) is 4.56. The number of esters is 1. The number of halogens is 4. The summed E-state index contributed by atoms with van der Waals surface area (Å²) in [5.74, 6) is -1.35. The van der Waals surface area contributed by atoms with E-state index < -0.39 is 30.4 Å². The molecule has 0 aliphatic rings. The zero-order valence-electron chi connectivity index (χ0n) is 18.0. The maximum absolute atomic E-state index is 13.5. The van der Waals surface area contributed by atoms with E-state index in [4.69, 9.17) is 14.4 Å². The lowest BCUT2D eigenvalue weighted by atomic mass is 9.97. The van der Waals surface area contributed by atoms with Crippen molar-refractivity contribution in [2.45, 2.75) is 39.1 Å². The van der Waals surface area contributed by atoms with Gasteiger partial charge in [-0.15, -0.1) is 0 Å². The number of alkyl halides is 3. The smallest absolute Gasteiger partial charge is 0.393 e. The number of oxime groups is 1. The number of carbonyl (C=O) groups excluding carboxylic acids is 1. The molecular weight excluding hydrogens is 432 g/mol. The number of hydrogen-bond acceptors (Lipinski definition) is 6. The van der Waals surface area contributed by atoms with E-state index in [0.29, 0.717) is 11.1 Å². The Bertz CT molecular complexity index is 977. The van der Waals surface area contributed by atoms with Crippen molar-refractivity contribution in [3.63, 3.8) is 0 Å². The van der Waals surface area contributed by atoms with E-state index in [-0.39, 0.29) is 23.4 Å². The summed E-state index contributed by atoms with van der Waals surface area (Å²) in [6.07, 6.45) is -5.80. The van der Waals surface area contributed by atoms with Gasteiger partial charge in [-0.1, -0.05) is 23.4 Å². The number of ether oxygens (including phenoxy) is 1. The average molecular weight is 456 g/mol. The van der Waals surface area contributed by atoms with Crippen LogP contribution in [0.15, 0.2) is 41.6 Å². The second-order valence-electron chi connectivity index (χ2n) is 6.96. The van der Waals surface area contributed by atoms with E-state index in [1.165, 1.54) is 27.2 Å². The van der Waals surface area contributed by atoms with E-state index in [1.54, 1.807) is 25.1 Å². The summed E-state index contributed by atoms with van der Waals surface area (Å²) in [5, 5.41) is 3.92. The molecule has 0 aliphatic heterocycles. The monoisotopic (exact) mass is 456 g/mol. The minimum atomic E-state index is -4.50. The molecule has 1 N–H and O–H groups in total. The fourth-order valence-electron chi connectivity index (χ4n) is 3.19. The van der Waals surface area contributed by atoms with Crippen LogP contribution in [0.4, 0.5) is 17.6 Å². The minimum Gasteiger partial charge on any atom is -0.468 e. The summed E-state index contributed by atoms with van der Waals surface area (Å²) in [6.45, 7) is 3.20.